The van der Waals surface area contributed by atoms with E-state index in [1.165, 1.54) is 10.9 Å². The number of thiophene rings is 1. The van der Waals surface area contributed by atoms with Crippen molar-refractivity contribution in [3.8, 4) is 0 Å². The minimum absolute atomic E-state index is 0.382. The summed E-state index contributed by atoms with van der Waals surface area (Å²) < 4.78 is 12.8. The molecular weight excluding hydrogens is 287 g/mol. The van der Waals surface area contributed by atoms with Crippen LogP contribution in [0.4, 0.5) is 4.39 Å². The van der Waals surface area contributed by atoms with Crippen LogP contribution < -0.4 is 0 Å². The van der Waals surface area contributed by atoms with Crippen LogP contribution in [0.2, 0.25) is 0 Å². The quantitative estimate of drug-likeness (QED) is 0.849. The van der Waals surface area contributed by atoms with E-state index >= 15 is 0 Å². The van der Waals surface area contributed by atoms with Gasteiger partial charge in [-0.05, 0) is 43.8 Å². The van der Waals surface area contributed by atoms with E-state index in [4.69, 9.17) is 0 Å². The molecule has 0 saturated heterocycles. The Morgan fingerprint density at radius 3 is 2.71 bits per heavy atom. The fourth-order valence-electron chi connectivity index (χ4n) is 2.14. The molecule has 2 heterocycles. The normalized spacial score (nSPS) is 13.0. The van der Waals surface area contributed by atoms with Crippen molar-refractivity contribution < 1.29 is 9.50 Å². The van der Waals surface area contributed by atoms with Crippen molar-refractivity contribution in [3.63, 3.8) is 0 Å². The van der Waals surface area contributed by atoms with E-state index in [0.29, 0.717) is 18.2 Å². The van der Waals surface area contributed by atoms with Crippen LogP contribution in [0, 0.1) is 5.82 Å². The number of aliphatic hydroxyl groups is 1. The largest absolute Gasteiger partial charge is 0.387 e. The maximum absolute atomic E-state index is 12.8. The van der Waals surface area contributed by atoms with Gasteiger partial charge in [0.25, 0.3) is 0 Å². The zero-order valence-electron chi connectivity index (χ0n) is 12.4. The topological polar surface area (TPSA) is 36.4 Å². The van der Waals surface area contributed by atoms with Gasteiger partial charge in [0.1, 0.15) is 5.82 Å². The molecular formula is C16H21FN2OS. The summed E-state index contributed by atoms with van der Waals surface area (Å²) in [6, 6.07) is 7.45. The molecule has 0 aliphatic rings. The lowest BCUT2D eigenvalue weighted by Crippen LogP contribution is -2.31. The van der Waals surface area contributed by atoms with Crippen LogP contribution in [0.15, 0.2) is 35.8 Å². The van der Waals surface area contributed by atoms with Gasteiger partial charge in [-0.15, -0.1) is 11.3 Å². The lowest BCUT2D eigenvalue weighted by atomic mass is 10.1. The first kappa shape index (κ1) is 16.1. The summed E-state index contributed by atoms with van der Waals surface area (Å²) in [5.41, 5.74) is 0.524. The third kappa shape index (κ3) is 4.88. The van der Waals surface area contributed by atoms with Crippen LogP contribution in [-0.4, -0.2) is 27.6 Å². The van der Waals surface area contributed by atoms with Gasteiger partial charge in [0, 0.05) is 24.0 Å². The Morgan fingerprint density at radius 1 is 1.33 bits per heavy atom. The lowest BCUT2D eigenvalue weighted by Gasteiger charge is -2.26. The Labute approximate surface area is 129 Å². The first-order valence-electron chi connectivity index (χ1n) is 7.12. The Kier molecular flexibility index (Phi) is 5.85. The Bertz CT molecular complexity index is 528. The average molecular weight is 308 g/mol. The molecule has 1 atom stereocenters. The zero-order valence-corrected chi connectivity index (χ0v) is 13.2. The van der Waals surface area contributed by atoms with Gasteiger partial charge in [-0.3, -0.25) is 9.88 Å². The molecule has 3 nitrogen and oxygen atoms in total. The van der Waals surface area contributed by atoms with E-state index in [-0.39, 0.29) is 5.82 Å². The number of aliphatic hydroxyl groups excluding tert-OH is 1. The number of hydrogen-bond donors (Lipinski definition) is 1. The van der Waals surface area contributed by atoms with E-state index in [2.05, 4.69) is 41.2 Å². The Hall–Kier alpha value is -1.30. The molecule has 2 aromatic heterocycles. The van der Waals surface area contributed by atoms with Crippen LogP contribution in [-0.2, 0) is 6.54 Å². The van der Waals surface area contributed by atoms with Gasteiger partial charge in [0.05, 0.1) is 18.0 Å². The fourth-order valence-corrected chi connectivity index (χ4v) is 2.87. The number of nitrogens with zero attached hydrogens (tertiary/aromatic N) is 2. The molecule has 5 heteroatoms. The van der Waals surface area contributed by atoms with Crippen LogP contribution in [0.5, 0.6) is 0 Å². The number of halogens is 1. The highest BCUT2D eigenvalue weighted by molar-refractivity contribution is 7.09. The van der Waals surface area contributed by atoms with Crippen molar-refractivity contribution >= 4 is 11.3 Å². The van der Waals surface area contributed by atoms with Gasteiger partial charge in [-0.1, -0.05) is 6.07 Å². The van der Waals surface area contributed by atoms with Gasteiger partial charge in [0.15, 0.2) is 0 Å². The molecule has 2 aromatic rings. The summed E-state index contributed by atoms with van der Waals surface area (Å²) in [4.78, 5) is 7.57. The van der Waals surface area contributed by atoms with E-state index in [9.17, 15) is 9.50 Å². The second kappa shape index (κ2) is 7.64. The highest BCUT2D eigenvalue weighted by Crippen LogP contribution is 2.18. The molecule has 0 bridgehead atoms. The molecule has 0 spiro atoms. The molecule has 1 N–H and O–H groups in total. The highest BCUT2D eigenvalue weighted by atomic mass is 32.1. The van der Waals surface area contributed by atoms with Gasteiger partial charge in [0.2, 0.25) is 0 Å². The summed E-state index contributed by atoms with van der Waals surface area (Å²) in [5, 5.41) is 12.2. The predicted octanol–water partition coefficient (Wildman–Crippen LogP) is 3.62. The molecule has 0 radical (unpaired) electrons. The second-order valence-corrected chi connectivity index (χ2v) is 6.38. The molecule has 0 saturated carbocycles. The van der Waals surface area contributed by atoms with Crippen molar-refractivity contribution in [1.82, 2.24) is 9.88 Å². The monoisotopic (exact) mass is 308 g/mol. The first-order chi connectivity index (χ1) is 10.1. The molecule has 1 unspecified atom stereocenters. The first-order valence-corrected chi connectivity index (χ1v) is 8.00. The molecule has 2 rings (SSSR count). The van der Waals surface area contributed by atoms with Crippen LogP contribution in [0.25, 0.3) is 0 Å². The smallest absolute Gasteiger partial charge is 0.141 e. The third-order valence-corrected chi connectivity index (χ3v) is 4.31. The fraction of sp³-hybridized carbons (Fsp3) is 0.438. The predicted molar refractivity (Wildman–Crippen MR) is 83.6 cm³/mol. The molecule has 0 aliphatic heterocycles. The summed E-state index contributed by atoms with van der Waals surface area (Å²) in [5.74, 6) is -0.382. The molecule has 0 fully saturated rings. The Balaban J connectivity index is 1.90. The highest BCUT2D eigenvalue weighted by Gasteiger charge is 2.15. The third-order valence-electron chi connectivity index (χ3n) is 3.45. The lowest BCUT2D eigenvalue weighted by molar-refractivity contribution is 0.124. The maximum Gasteiger partial charge on any atom is 0.141 e. The second-order valence-electron chi connectivity index (χ2n) is 5.35. The number of rotatable bonds is 7. The van der Waals surface area contributed by atoms with Crippen molar-refractivity contribution in [2.45, 2.75) is 39.0 Å². The van der Waals surface area contributed by atoms with Crippen molar-refractivity contribution in [2.24, 2.45) is 0 Å². The summed E-state index contributed by atoms with van der Waals surface area (Å²) in [7, 11) is 0. The number of hydrogen-bond acceptors (Lipinski definition) is 4. The molecule has 114 valence electrons. The zero-order chi connectivity index (χ0) is 15.2. The standard InChI is InChI=1S/C16H21FN2OS/c1-12(2)19(11-14-4-3-9-21-14)8-7-16(20)15-6-5-13(17)10-18-15/h3-6,9-10,12,16,20H,7-8,11H2,1-2H3. The summed E-state index contributed by atoms with van der Waals surface area (Å²) in [6.45, 7) is 5.96. The maximum atomic E-state index is 12.8. The molecule has 0 aliphatic carbocycles. The van der Waals surface area contributed by atoms with Gasteiger partial charge in [-0.2, -0.15) is 0 Å². The summed E-state index contributed by atoms with van der Waals surface area (Å²) in [6.07, 6.45) is 1.07. The van der Waals surface area contributed by atoms with Gasteiger partial charge < -0.3 is 5.11 Å². The number of pyridine rings is 1. The molecule has 21 heavy (non-hydrogen) atoms. The van der Waals surface area contributed by atoms with E-state index in [1.807, 2.05) is 0 Å². The van der Waals surface area contributed by atoms with Crippen LogP contribution in [0.3, 0.4) is 0 Å². The number of aromatic nitrogens is 1. The Morgan fingerprint density at radius 2 is 2.14 bits per heavy atom. The minimum Gasteiger partial charge on any atom is -0.387 e. The van der Waals surface area contributed by atoms with Crippen LogP contribution in [0.1, 0.15) is 36.9 Å². The van der Waals surface area contributed by atoms with E-state index in [1.54, 1.807) is 17.4 Å². The van der Waals surface area contributed by atoms with Crippen molar-refractivity contribution in [1.29, 1.82) is 0 Å². The average Bonchev–Trinajstić information content (AvgIpc) is 2.96. The van der Waals surface area contributed by atoms with E-state index in [0.717, 1.165) is 19.3 Å². The summed E-state index contributed by atoms with van der Waals surface area (Å²) >= 11 is 1.74. The minimum atomic E-state index is -0.657. The van der Waals surface area contributed by atoms with Crippen LogP contribution >= 0.6 is 11.3 Å². The molecule has 0 amide bonds. The van der Waals surface area contributed by atoms with E-state index < -0.39 is 6.10 Å². The van der Waals surface area contributed by atoms with Gasteiger partial charge in [-0.25, -0.2) is 4.39 Å². The molecule has 0 aromatic carbocycles. The SMILES string of the molecule is CC(C)N(CCC(O)c1ccc(F)cn1)Cc1cccs1. The van der Waals surface area contributed by atoms with Gasteiger partial charge >= 0.3 is 0 Å². The van der Waals surface area contributed by atoms with Crippen molar-refractivity contribution in [2.75, 3.05) is 6.54 Å². The van der Waals surface area contributed by atoms with Crippen molar-refractivity contribution in [3.05, 3.63) is 52.2 Å².